The number of nitrogens with zero attached hydrogens (tertiary/aromatic N) is 2. The molecule has 2 unspecified atom stereocenters. The number of primary amides is 1. The third-order valence-electron chi connectivity index (χ3n) is 14.9. The molecule has 6 rings (SSSR count). The summed E-state index contributed by atoms with van der Waals surface area (Å²) in [6.07, 6.45) is 11.8. The van der Waals surface area contributed by atoms with Crippen molar-refractivity contribution in [3.05, 3.63) is 0 Å². The SMILES string of the molecule is CN1CCOC[C@H]1C(=O)NC(C(=O)N[C@H](C(=O)N1C[C@]2(C[C@H]1C(=O)NC(CC1CCC1)C(=N)C(N)=O)C(C)(C)C21CCC1)C(C)(C)C)C1CCCCC1. The zero-order valence-electron chi connectivity index (χ0n) is 33.0. The van der Waals surface area contributed by atoms with E-state index < -0.39 is 41.5 Å². The molecule has 296 valence electrons. The van der Waals surface area contributed by atoms with Gasteiger partial charge >= 0.3 is 0 Å². The average Bonchev–Trinajstić information content (AvgIpc) is 3.27. The quantitative estimate of drug-likeness (QED) is 0.191. The van der Waals surface area contributed by atoms with Gasteiger partial charge in [0, 0.05) is 18.5 Å². The number of rotatable bonds is 12. The second-order valence-electron chi connectivity index (χ2n) is 19.0. The highest BCUT2D eigenvalue weighted by Gasteiger charge is 2.85. The summed E-state index contributed by atoms with van der Waals surface area (Å²) in [4.78, 5) is 73.4. The van der Waals surface area contributed by atoms with Crippen LogP contribution >= 0.6 is 0 Å². The van der Waals surface area contributed by atoms with Gasteiger partial charge in [-0.1, -0.05) is 79.6 Å². The molecule has 2 spiro atoms. The molecule has 0 radical (unpaired) electrons. The van der Waals surface area contributed by atoms with Gasteiger partial charge in [-0.2, -0.15) is 0 Å². The van der Waals surface area contributed by atoms with E-state index in [0.717, 1.165) is 70.6 Å². The highest BCUT2D eigenvalue weighted by atomic mass is 16.5. The van der Waals surface area contributed by atoms with Crippen molar-refractivity contribution >= 4 is 35.2 Å². The molecule has 53 heavy (non-hydrogen) atoms. The molecule has 6 fully saturated rings. The molecule has 0 aromatic rings. The van der Waals surface area contributed by atoms with Crippen molar-refractivity contribution in [2.75, 3.05) is 33.4 Å². The topological polar surface area (TPSA) is 187 Å². The summed E-state index contributed by atoms with van der Waals surface area (Å²) in [5, 5.41) is 17.7. The van der Waals surface area contributed by atoms with E-state index in [2.05, 4.69) is 29.8 Å². The van der Waals surface area contributed by atoms with E-state index >= 15 is 4.79 Å². The van der Waals surface area contributed by atoms with Gasteiger partial charge in [-0.25, -0.2) is 0 Å². The fraction of sp³-hybridized carbons (Fsp3) is 0.850. The Balaban J connectivity index is 1.27. The van der Waals surface area contributed by atoms with E-state index in [-0.39, 0.29) is 58.1 Å². The molecule has 6 atom stereocenters. The van der Waals surface area contributed by atoms with Gasteiger partial charge in [0.15, 0.2) is 0 Å². The van der Waals surface area contributed by atoms with Crippen LogP contribution in [0.2, 0.25) is 0 Å². The molecule has 6 N–H and O–H groups in total. The van der Waals surface area contributed by atoms with Crippen molar-refractivity contribution < 1.29 is 28.7 Å². The van der Waals surface area contributed by atoms with Crippen LogP contribution in [0.25, 0.3) is 0 Å². The number of hydrogen-bond acceptors (Lipinski definition) is 8. The van der Waals surface area contributed by atoms with Gasteiger partial charge in [0.25, 0.3) is 5.91 Å². The summed E-state index contributed by atoms with van der Waals surface area (Å²) >= 11 is 0. The minimum Gasteiger partial charge on any atom is -0.378 e. The highest BCUT2D eigenvalue weighted by Crippen LogP contribution is 2.88. The maximum atomic E-state index is 15.1. The summed E-state index contributed by atoms with van der Waals surface area (Å²) in [7, 11) is 1.88. The minimum atomic E-state index is -0.974. The first-order valence-corrected chi connectivity index (χ1v) is 20.3. The zero-order chi connectivity index (χ0) is 38.5. The number of carbonyl (C=O) groups excluding carboxylic acids is 5. The molecule has 13 heteroatoms. The van der Waals surface area contributed by atoms with Crippen LogP contribution in [0, 0.1) is 38.9 Å². The molecule has 0 aromatic heterocycles. The Hall–Kier alpha value is -3.06. The fourth-order valence-electron chi connectivity index (χ4n) is 10.9. The van der Waals surface area contributed by atoms with Gasteiger partial charge in [-0.15, -0.1) is 0 Å². The van der Waals surface area contributed by atoms with Crippen LogP contribution in [0.3, 0.4) is 0 Å². The van der Waals surface area contributed by atoms with Crippen molar-refractivity contribution in [3.63, 3.8) is 0 Å². The molecule has 2 saturated heterocycles. The number of likely N-dealkylation sites (N-methyl/N-ethyl adjacent to an activating group) is 1. The summed E-state index contributed by atoms with van der Waals surface area (Å²) in [6.45, 7) is 12.1. The lowest BCUT2D eigenvalue weighted by molar-refractivity contribution is -0.145. The number of ether oxygens (including phenoxy) is 1. The largest absolute Gasteiger partial charge is 0.378 e. The van der Waals surface area contributed by atoms with Crippen LogP contribution in [-0.4, -0.2) is 109 Å². The molecule has 2 heterocycles. The Kier molecular flexibility index (Phi) is 11.1. The molecule has 5 amide bonds. The van der Waals surface area contributed by atoms with Crippen LogP contribution in [0.4, 0.5) is 0 Å². The summed E-state index contributed by atoms with van der Waals surface area (Å²) in [5.74, 6) is -1.97. The summed E-state index contributed by atoms with van der Waals surface area (Å²) < 4.78 is 5.61. The molecule has 4 saturated carbocycles. The first-order valence-electron chi connectivity index (χ1n) is 20.3. The van der Waals surface area contributed by atoms with E-state index in [1.54, 1.807) is 4.90 Å². The number of nitrogens with one attached hydrogen (secondary N) is 4. The van der Waals surface area contributed by atoms with E-state index in [1.807, 2.05) is 32.7 Å². The maximum Gasteiger partial charge on any atom is 0.264 e. The number of morpholine rings is 1. The first-order chi connectivity index (χ1) is 24.9. The van der Waals surface area contributed by atoms with Crippen molar-refractivity contribution in [1.29, 1.82) is 5.41 Å². The van der Waals surface area contributed by atoms with Crippen LogP contribution in [0.1, 0.15) is 118 Å². The highest BCUT2D eigenvalue weighted by molar-refractivity contribution is 6.39. The van der Waals surface area contributed by atoms with Gasteiger partial charge < -0.3 is 31.3 Å². The second-order valence-corrected chi connectivity index (χ2v) is 19.0. The number of likely N-dealkylation sites (tertiary alicyclic amines) is 1. The monoisotopic (exact) mass is 739 g/mol. The lowest BCUT2D eigenvalue weighted by atomic mass is 9.73. The minimum absolute atomic E-state index is 0.0473. The normalized spacial score (nSPS) is 30.0. The van der Waals surface area contributed by atoms with Gasteiger partial charge in [-0.3, -0.25) is 34.3 Å². The standard InChI is InChI=1S/C40H65N7O6/c1-37(2,3)31(45-35(51)30(25-14-8-7-9-15-25)44-34(50)28-22-53-19-18-46(28)6)36(52)47-23-40(38(4,5)39(40)16-11-17-39)21-27(47)33(49)43-26(29(41)32(42)48)20-24-12-10-13-24/h24-28,30-31,41H,7-23H2,1-6H3,(H2,42,48)(H,43,49)(H,44,50)(H,45,51)/t26?,27-,28-,30?,31+,40+/m0/s1. The third kappa shape index (κ3) is 7.13. The number of amides is 5. The maximum absolute atomic E-state index is 15.1. The lowest BCUT2D eigenvalue weighted by Crippen LogP contribution is -2.63. The molecule has 13 nitrogen and oxygen atoms in total. The predicted molar refractivity (Wildman–Crippen MR) is 201 cm³/mol. The number of nitrogens with two attached hydrogens (primary N) is 1. The van der Waals surface area contributed by atoms with Crippen LogP contribution in [0.5, 0.6) is 0 Å². The number of fused-ring (bicyclic) bond motifs is 1. The molecular formula is C40H65N7O6. The van der Waals surface area contributed by atoms with Crippen LogP contribution in [0.15, 0.2) is 0 Å². The van der Waals surface area contributed by atoms with Crippen molar-refractivity contribution in [3.8, 4) is 0 Å². The van der Waals surface area contributed by atoms with Crippen molar-refractivity contribution in [2.45, 2.75) is 148 Å². The Morgan fingerprint density at radius 2 is 1.55 bits per heavy atom. The zero-order valence-corrected chi connectivity index (χ0v) is 33.0. The first kappa shape index (κ1) is 39.6. The Labute approximate surface area is 315 Å². The lowest BCUT2D eigenvalue weighted by Gasteiger charge is -2.38. The molecule has 0 aromatic carbocycles. The van der Waals surface area contributed by atoms with E-state index in [0.29, 0.717) is 38.5 Å². The molecular weight excluding hydrogens is 674 g/mol. The molecule has 0 bridgehead atoms. The molecule has 6 aliphatic rings. The van der Waals surface area contributed by atoms with Crippen LogP contribution < -0.4 is 21.7 Å². The third-order valence-corrected chi connectivity index (χ3v) is 14.9. The fourth-order valence-corrected chi connectivity index (χ4v) is 10.9. The molecule has 2 aliphatic heterocycles. The van der Waals surface area contributed by atoms with E-state index in [1.165, 1.54) is 0 Å². The van der Waals surface area contributed by atoms with Crippen LogP contribution in [-0.2, 0) is 28.7 Å². The van der Waals surface area contributed by atoms with Gasteiger partial charge in [-0.05, 0) is 73.7 Å². The van der Waals surface area contributed by atoms with E-state index in [9.17, 15) is 19.2 Å². The summed E-state index contributed by atoms with van der Waals surface area (Å²) in [5.41, 5.74) is 4.23. The Bertz CT molecular complexity index is 1460. The smallest absolute Gasteiger partial charge is 0.264 e. The van der Waals surface area contributed by atoms with Crippen molar-refractivity contribution in [1.82, 2.24) is 25.8 Å². The Morgan fingerprint density at radius 3 is 2.08 bits per heavy atom. The number of hydrogen-bond donors (Lipinski definition) is 5. The van der Waals surface area contributed by atoms with Gasteiger partial charge in [0.1, 0.15) is 29.9 Å². The van der Waals surface area contributed by atoms with Gasteiger partial charge in [0.05, 0.1) is 19.3 Å². The van der Waals surface area contributed by atoms with E-state index in [4.69, 9.17) is 15.9 Å². The average molecular weight is 740 g/mol. The molecule has 4 aliphatic carbocycles. The summed E-state index contributed by atoms with van der Waals surface area (Å²) in [6, 6.07) is -3.95. The predicted octanol–water partition coefficient (Wildman–Crippen LogP) is 2.89. The van der Waals surface area contributed by atoms with Crippen molar-refractivity contribution in [2.24, 2.45) is 39.2 Å². The van der Waals surface area contributed by atoms with Gasteiger partial charge in [0.2, 0.25) is 23.6 Å². The Morgan fingerprint density at radius 1 is 0.887 bits per heavy atom. The number of carbonyl (C=O) groups is 5. The second kappa shape index (κ2) is 14.9.